The monoisotopic (exact) mass is 419 g/mol. The quantitative estimate of drug-likeness (QED) is 0.628. The molecule has 7 nitrogen and oxygen atoms in total. The van der Waals surface area contributed by atoms with E-state index in [1.807, 2.05) is 61.5 Å². The summed E-state index contributed by atoms with van der Waals surface area (Å²) in [6.45, 7) is 3.52. The molecular weight excluding hydrogens is 394 g/mol. The summed E-state index contributed by atoms with van der Waals surface area (Å²) < 4.78 is 0. The molecule has 0 unspecified atom stereocenters. The molecule has 1 aliphatic heterocycles. The molecule has 2 amide bonds. The maximum absolute atomic E-state index is 12.2. The second-order valence-electron chi connectivity index (χ2n) is 7.57. The van der Waals surface area contributed by atoms with E-state index in [1.54, 1.807) is 6.20 Å². The number of aliphatic carboxylic acids is 1. The fourth-order valence-corrected chi connectivity index (χ4v) is 3.67. The van der Waals surface area contributed by atoms with Crippen LogP contribution in [0.5, 0.6) is 0 Å². The molecule has 3 N–H and O–H groups in total. The molecule has 3 aromatic rings. The van der Waals surface area contributed by atoms with Gasteiger partial charge in [-0.2, -0.15) is 0 Å². The summed E-state index contributed by atoms with van der Waals surface area (Å²) in [5.41, 5.74) is 7.52. The van der Waals surface area contributed by atoms with Gasteiger partial charge >= 0.3 is 5.97 Å². The SMILES string of the molecule is C[C@H]1C(=O)N(C(=O)CCc2cccc3ccccc23)[C@@H]1C(=O)O.Cc1ccnc(N)c1. The Kier molecular flexibility index (Phi) is 6.65. The first-order chi connectivity index (χ1) is 14.8. The van der Waals surface area contributed by atoms with Gasteiger partial charge in [-0.05, 0) is 47.4 Å². The molecule has 1 fully saturated rings. The van der Waals surface area contributed by atoms with E-state index in [4.69, 9.17) is 10.8 Å². The summed E-state index contributed by atoms with van der Waals surface area (Å²) in [5.74, 6) is -2.00. The lowest BCUT2D eigenvalue weighted by Crippen LogP contribution is -2.65. The molecule has 2 heterocycles. The second-order valence-corrected chi connectivity index (χ2v) is 7.57. The van der Waals surface area contributed by atoms with Crippen molar-refractivity contribution in [2.24, 2.45) is 5.92 Å². The highest BCUT2D eigenvalue weighted by Gasteiger charge is 2.51. The van der Waals surface area contributed by atoms with Gasteiger partial charge in [0.15, 0.2) is 0 Å². The smallest absolute Gasteiger partial charge is 0.327 e. The van der Waals surface area contributed by atoms with Crippen LogP contribution in [0.1, 0.15) is 24.5 Å². The number of imide groups is 1. The molecule has 7 heteroatoms. The number of fused-ring (bicyclic) bond motifs is 1. The summed E-state index contributed by atoms with van der Waals surface area (Å²) in [6.07, 6.45) is 2.30. The average Bonchev–Trinajstić information content (AvgIpc) is 2.75. The van der Waals surface area contributed by atoms with Crippen LogP contribution in [0.3, 0.4) is 0 Å². The van der Waals surface area contributed by atoms with Crippen LogP contribution in [0.2, 0.25) is 0 Å². The zero-order chi connectivity index (χ0) is 22.5. The molecule has 0 radical (unpaired) electrons. The largest absolute Gasteiger partial charge is 0.480 e. The fourth-order valence-electron chi connectivity index (χ4n) is 3.67. The summed E-state index contributed by atoms with van der Waals surface area (Å²) in [5, 5.41) is 11.3. The van der Waals surface area contributed by atoms with Crippen LogP contribution in [0.25, 0.3) is 10.8 Å². The van der Waals surface area contributed by atoms with Gasteiger partial charge in [-0.25, -0.2) is 9.78 Å². The van der Waals surface area contributed by atoms with E-state index in [-0.39, 0.29) is 6.42 Å². The number of β-lactam (4-membered cyclic amide) rings is 1. The Morgan fingerprint density at radius 1 is 1.13 bits per heavy atom. The second kappa shape index (κ2) is 9.38. The number of hydrogen-bond donors (Lipinski definition) is 2. The van der Waals surface area contributed by atoms with Crippen molar-refractivity contribution in [2.75, 3.05) is 5.73 Å². The number of hydrogen-bond acceptors (Lipinski definition) is 5. The van der Waals surface area contributed by atoms with Gasteiger partial charge in [0.25, 0.3) is 0 Å². The number of likely N-dealkylation sites (tertiary alicyclic amines) is 1. The van der Waals surface area contributed by atoms with Crippen molar-refractivity contribution in [1.82, 2.24) is 9.88 Å². The molecular formula is C24H25N3O4. The summed E-state index contributed by atoms with van der Waals surface area (Å²) >= 11 is 0. The molecule has 160 valence electrons. The number of carbonyl (C=O) groups is 3. The van der Waals surface area contributed by atoms with Crippen molar-refractivity contribution >= 4 is 34.4 Å². The van der Waals surface area contributed by atoms with Crippen LogP contribution >= 0.6 is 0 Å². The van der Waals surface area contributed by atoms with E-state index >= 15 is 0 Å². The number of nitrogens with zero attached hydrogens (tertiary/aromatic N) is 2. The molecule has 1 aliphatic rings. The van der Waals surface area contributed by atoms with Crippen LogP contribution < -0.4 is 5.73 Å². The normalized spacial score (nSPS) is 17.5. The number of benzene rings is 2. The van der Waals surface area contributed by atoms with E-state index < -0.39 is 29.7 Å². The van der Waals surface area contributed by atoms with E-state index in [0.717, 1.165) is 26.8 Å². The highest BCUT2D eigenvalue weighted by Crippen LogP contribution is 2.28. The number of rotatable bonds is 4. The van der Waals surface area contributed by atoms with Crippen molar-refractivity contribution in [2.45, 2.75) is 32.7 Å². The van der Waals surface area contributed by atoms with Crippen molar-refractivity contribution < 1.29 is 19.5 Å². The lowest BCUT2D eigenvalue weighted by atomic mass is 9.88. The van der Waals surface area contributed by atoms with Crippen molar-refractivity contribution in [3.63, 3.8) is 0 Å². The number of carbonyl (C=O) groups excluding carboxylic acids is 2. The lowest BCUT2D eigenvalue weighted by Gasteiger charge is -2.41. The maximum Gasteiger partial charge on any atom is 0.327 e. The van der Waals surface area contributed by atoms with Gasteiger partial charge in [0.1, 0.15) is 11.9 Å². The molecule has 1 aromatic heterocycles. The lowest BCUT2D eigenvalue weighted by molar-refractivity contribution is -0.175. The third kappa shape index (κ3) is 4.88. The Hall–Kier alpha value is -3.74. The first-order valence-electron chi connectivity index (χ1n) is 10.0. The zero-order valence-electron chi connectivity index (χ0n) is 17.5. The Balaban J connectivity index is 0.000000287. The summed E-state index contributed by atoms with van der Waals surface area (Å²) in [6, 6.07) is 16.5. The standard InChI is InChI=1S/C18H17NO4.C6H8N2/c1-11-16(18(22)23)19(17(11)21)15(20)10-9-13-7-4-6-12-5-2-3-8-14(12)13;1-5-2-3-8-6(7)4-5/h2-8,11,16H,9-10H2,1H3,(H,22,23);2-4H,1H3,(H2,7,8)/t11-,16+;/m1./s1. The van der Waals surface area contributed by atoms with Crippen molar-refractivity contribution in [3.8, 4) is 0 Å². The molecule has 0 saturated carbocycles. The van der Waals surface area contributed by atoms with E-state index in [1.165, 1.54) is 6.92 Å². The minimum absolute atomic E-state index is 0.121. The van der Waals surface area contributed by atoms with Crippen LogP contribution in [0.4, 0.5) is 5.82 Å². The number of aromatic nitrogens is 1. The number of carboxylic acids is 1. The summed E-state index contributed by atoms with van der Waals surface area (Å²) in [4.78, 5) is 39.9. The number of nitrogens with two attached hydrogens (primary N) is 1. The maximum atomic E-state index is 12.2. The van der Waals surface area contributed by atoms with Gasteiger partial charge in [-0.15, -0.1) is 0 Å². The van der Waals surface area contributed by atoms with E-state index in [0.29, 0.717) is 12.2 Å². The van der Waals surface area contributed by atoms with Crippen LogP contribution in [-0.4, -0.2) is 38.8 Å². The molecule has 2 aromatic carbocycles. The zero-order valence-corrected chi connectivity index (χ0v) is 17.5. The minimum Gasteiger partial charge on any atom is -0.480 e. The van der Waals surface area contributed by atoms with Crippen LogP contribution in [0.15, 0.2) is 60.8 Å². The predicted molar refractivity (Wildman–Crippen MR) is 118 cm³/mol. The highest BCUT2D eigenvalue weighted by molar-refractivity contribution is 6.07. The number of amides is 2. The van der Waals surface area contributed by atoms with E-state index in [2.05, 4.69) is 4.98 Å². The Morgan fingerprint density at radius 2 is 1.84 bits per heavy atom. The van der Waals surface area contributed by atoms with Gasteiger partial charge in [-0.1, -0.05) is 49.4 Å². The van der Waals surface area contributed by atoms with Gasteiger partial charge in [0, 0.05) is 12.6 Å². The molecule has 4 rings (SSSR count). The van der Waals surface area contributed by atoms with Gasteiger partial charge in [0.05, 0.1) is 5.92 Å². The third-order valence-electron chi connectivity index (χ3n) is 5.33. The van der Waals surface area contributed by atoms with Crippen molar-refractivity contribution in [3.05, 3.63) is 71.9 Å². The number of anilines is 1. The number of aryl methyl sites for hydroxylation is 2. The molecule has 31 heavy (non-hydrogen) atoms. The number of pyridine rings is 1. The Labute approximate surface area is 180 Å². The molecule has 2 atom stereocenters. The van der Waals surface area contributed by atoms with Gasteiger partial charge in [0.2, 0.25) is 11.8 Å². The Morgan fingerprint density at radius 3 is 2.48 bits per heavy atom. The van der Waals surface area contributed by atoms with Crippen molar-refractivity contribution in [1.29, 1.82) is 0 Å². The molecule has 0 aliphatic carbocycles. The molecule has 1 saturated heterocycles. The fraction of sp³-hybridized carbons (Fsp3) is 0.250. The first-order valence-corrected chi connectivity index (χ1v) is 10.0. The predicted octanol–water partition coefficient (Wildman–Crippen LogP) is 3.20. The number of carboxylic acid groups (broad SMARTS) is 1. The molecule has 0 spiro atoms. The Bertz CT molecular complexity index is 1110. The first kappa shape index (κ1) is 22.0. The van der Waals surface area contributed by atoms with Crippen LogP contribution in [-0.2, 0) is 20.8 Å². The van der Waals surface area contributed by atoms with E-state index in [9.17, 15) is 14.4 Å². The average molecular weight is 419 g/mol. The third-order valence-corrected chi connectivity index (χ3v) is 5.33. The van der Waals surface area contributed by atoms with Gasteiger partial charge in [-0.3, -0.25) is 14.5 Å². The molecule has 0 bridgehead atoms. The van der Waals surface area contributed by atoms with Gasteiger partial charge < -0.3 is 10.8 Å². The summed E-state index contributed by atoms with van der Waals surface area (Å²) in [7, 11) is 0. The number of nitrogen functional groups attached to an aromatic ring is 1. The topological polar surface area (TPSA) is 114 Å². The highest BCUT2D eigenvalue weighted by atomic mass is 16.4. The van der Waals surface area contributed by atoms with Crippen LogP contribution in [0, 0.1) is 12.8 Å². The minimum atomic E-state index is -1.13.